The van der Waals surface area contributed by atoms with Crippen LogP contribution < -0.4 is 10.6 Å². The molecule has 0 aromatic carbocycles. The molecule has 9 heteroatoms. The number of fused-ring (bicyclic) bond motifs is 1. The molecule has 3 rings (SSSR count). The van der Waals surface area contributed by atoms with Crippen LogP contribution in [0.15, 0.2) is 15.6 Å². The fourth-order valence-corrected chi connectivity index (χ4v) is 2.87. The zero-order valence-electron chi connectivity index (χ0n) is 15.8. The molecule has 0 aliphatic carbocycles. The van der Waals surface area contributed by atoms with Gasteiger partial charge in [0.05, 0.1) is 18.8 Å². The van der Waals surface area contributed by atoms with Crippen molar-refractivity contribution in [3.63, 3.8) is 0 Å². The molecule has 0 bridgehead atoms. The third-order valence-corrected chi connectivity index (χ3v) is 4.38. The number of nitrogens with one attached hydrogen (secondary N) is 2. The molecule has 0 spiro atoms. The van der Waals surface area contributed by atoms with Crippen LogP contribution in [-0.4, -0.2) is 39.0 Å². The third kappa shape index (κ3) is 4.95. The zero-order chi connectivity index (χ0) is 17.8. The van der Waals surface area contributed by atoms with E-state index in [9.17, 15) is 0 Å². The van der Waals surface area contributed by atoms with E-state index in [1.54, 1.807) is 7.05 Å². The van der Waals surface area contributed by atoms with Gasteiger partial charge in [0, 0.05) is 32.0 Å². The maximum atomic E-state index is 5.35. The highest BCUT2D eigenvalue weighted by molar-refractivity contribution is 14.0. The molecule has 2 aromatic rings. The summed E-state index contributed by atoms with van der Waals surface area (Å²) in [7, 11) is 1.77. The van der Waals surface area contributed by atoms with Gasteiger partial charge in [0.2, 0.25) is 0 Å². The minimum absolute atomic E-state index is 0. The molecule has 2 N–H and O–H groups in total. The number of aliphatic imine (C=N–C) groups is 1. The summed E-state index contributed by atoms with van der Waals surface area (Å²) in [4.78, 5) is 8.86. The van der Waals surface area contributed by atoms with Gasteiger partial charge in [-0.1, -0.05) is 25.9 Å². The van der Waals surface area contributed by atoms with E-state index in [-0.39, 0.29) is 30.0 Å². The molecular formula is C17H28IN7O. The highest BCUT2D eigenvalue weighted by Crippen LogP contribution is 2.15. The standard InChI is InChI=1S/C17H27N7O.HI/c1-5-15-21-16-7-6-12(10-24(16)22-15)20-17(18-4)19-9-13-8-14(11(2)3)23-25-13;/h8,11-12H,5-7,9-10H2,1-4H3,(H2,18,19,20);1H. The first-order valence-corrected chi connectivity index (χ1v) is 8.94. The molecule has 0 saturated heterocycles. The number of halogens is 1. The van der Waals surface area contributed by atoms with Gasteiger partial charge in [0.1, 0.15) is 5.82 Å². The predicted octanol–water partition coefficient (Wildman–Crippen LogP) is 2.25. The summed E-state index contributed by atoms with van der Waals surface area (Å²) < 4.78 is 7.37. The summed E-state index contributed by atoms with van der Waals surface area (Å²) in [6.07, 6.45) is 2.82. The number of hydrogen-bond acceptors (Lipinski definition) is 5. The van der Waals surface area contributed by atoms with Crippen molar-refractivity contribution < 1.29 is 4.52 Å². The molecule has 144 valence electrons. The molecule has 0 fully saturated rings. The van der Waals surface area contributed by atoms with Crippen molar-refractivity contribution in [2.45, 2.75) is 65.1 Å². The van der Waals surface area contributed by atoms with Crippen LogP contribution in [0.3, 0.4) is 0 Å². The van der Waals surface area contributed by atoms with Gasteiger partial charge >= 0.3 is 0 Å². The summed E-state index contributed by atoms with van der Waals surface area (Å²) in [5.41, 5.74) is 0.970. The van der Waals surface area contributed by atoms with E-state index in [0.717, 1.165) is 54.9 Å². The third-order valence-electron chi connectivity index (χ3n) is 4.38. The largest absolute Gasteiger partial charge is 0.359 e. The van der Waals surface area contributed by atoms with Gasteiger partial charge in [-0.3, -0.25) is 4.99 Å². The van der Waals surface area contributed by atoms with Gasteiger partial charge in [-0.05, 0) is 12.3 Å². The summed E-state index contributed by atoms with van der Waals surface area (Å²) in [5.74, 6) is 3.93. The Morgan fingerprint density at radius 1 is 1.46 bits per heavy atom. The van der Waals surface area contributed by atoms with E-state index in [1.165, 1.54) is 0 Å². The van der Waals surface area contributed by atoms with Crippen molar-refractivity contribution in [2.24, 2.45) is 4.99 Å². The number of aryl methyl sites for hydroxylation is 2. The second-order valence-electron chi connectivity index (χ2n) is 6.66. The normalized spacial score (nSPS) is 17.0. The van der Waals surface area contributed by atoms with Crippen molar-refractivity contribution in [2.75, 3.05) is 7.05 Å². The summed E-state index contributed by atoms with van der Waals surface area (Å²) in [5, 5.41) is 15.4. The average Bonchev–Trinajstić information content (AvgIpc) is 3.24. The Balaban J connectivity index is 0.00000243. The Labute approximate surface area is 171 Å². The minimum Gasteiger partial charge on any atom is -0.359 e. The molecule has 0 radical (unpaired) electrons. The lowest BCUT2D eigenvalue weighted by atomic mass is 10.1. The monoisotopic (exact) mass is 473 g/mol. The lowest BCUT2D eigenvalue weighted by Crippen LogP contribution is -2.46. The van der Waals surface area contributed by atoms with Crippen LogP contribution in [0.25, 0.3) is 0 Å². The van der Waals surface area contributed by atoms with Crippen LogP contribution in [0.5, 0.6) is 0 Å². The van der Waals surface area contributed by atoms with Crippen molar-refractivity contribution in [3.8, 4) is 0 Å². The Hall–Kier alpha value is -1.65. The van der Waals surface area contributed by atoms with Crippen molar-refractivity contribution in [3.05, 3.63) is 29.2 Å². The Bertz CT molecular complexity index is 737. The first kappa shape index (κ1) is 20.7. The smallest absolute Gasteiger partial charge is 0.191 e. The molecule has 0 saturated carbocycles. The maximum absolute atomic E-state index is 5.35. The Kier molecular flexibility index (Phi) is 7.42. The van der Waals surface area contributed by atoms with Crippen LogP contribution in [0.4, 0.5) is 0 Å². The molecule has 26 heavy (non-hydrogen) atoms. The quantitative estimate of drug-likeness (QED) is 0.393. The molecule has 0 amide bonds. The molecule has 3 heterocycles. The summed E-state index contributed by atoms with van der Waals surface area (Å²) >= 11 is 0. The number of aromatic nitrogens is 4. The molecule has 1 aliphatic heterocycles. The molecule has 1 atom stereocenters. The zero-order valence-corrected chi connectivity index (χ0v) is 18.2. The highest BCUT2D eigenvalue weighted by atomic mass is 127. The van der Waals surface area contributed by atoms with E-state index >= 15 is 0 Å². The van der Waals surface area contributed by atoms with Crippen molar-refractivity contribution >= 4 is 29.9 Å². The van der Waals surface area contributed by atoms with Gasteiger partial charge in [0.15, 0.2) is 17.5 Å². The molecule has 8 nitrogen and oxygen atoms in total. The minimum atomic E-state index is 0. The lowest BCUT2D eigenvalue weighted by molar-refractivity contribution is 0.369. The van der Waals surface area contributed by atoms with Crippen LogP contribution in [0, 0.1) is 0 Å². The Morgan fingerprint density at radius 2 is 2.27 bits per heavy atom. The van der Waals surface area contributed by atoms with Gasteiger partial charge in [-0.2, -0.15) is 5.10 Å². The number of nitrogens with zero attached hydrogens (tertiary/aromatic N) is 5. The molecule has 1 unspecified atom stereocenters. The average molecular weight is 473 g/mol. The van der Waals surface area contributed by atoms with Gasteiger partial charge < -0.3 is 15.2 Å². The fourth-order valence-electron chi connectivity index (χ4n) is 2.87. The van der Waals surface area contributed by atoms with Crippen molar-refractivity contribution in [1.29, 1.82) is 0 Å². The molecule has 2 aromatic heterocycles. The van der Waals surface area contributed by atoms with E-state index in [4.69, 9.17) is 4.52 Å². The van der Waals surface area contributed by atoms with Crippen LogP contribution in [0.1, 0.15) is 56.2 Å². The van der Waals surface area contributed by atoms with Gasteiger partial charge in [0.25, 0.3) is 0 Å². The topological polar surface area (TPSA) is 93.2 Å². The van der Waals surface area contributed by atoms with Crippen LogP contribution >= 0.6 is 24.0 Å². The van der Waals surface area contributed by atoms with Crippen LogP contribution in [-0.2, 0) is 25.9 Å². The van der Waals surface area contributed by atoms with E-state index in [1.807, 2.05) is 10.7 Å². The number of rotatable bonds is 5. The van der Waals surface area contributed by atoms with E-state index < -0.39 is 0 Å². The van der Waals surface area contributed by atoms with Crippen molar-refractivity contribution in [1.82, 2.24) is 30.6 Å². The van der Waals surface area contributed by atoms with Crippen LogP contribution in [0.2, 0.25) is 0 Å². The molecule has 1 aliphatic rings. The SMILES string of the molecule is CCc1nc2n(n1)CC(NC(=NC)NCc1cc(C(C)C)no1)CC2.I. The lowest BCUT2D eigenvalue weighted by Gasteiger charge is -2.25. The fraction of sp³-hybridized carbons (Fsp3) is 0.647. The molecular weight excluding hydrogens is 445 g/mol. The van der Waals surface area contributed by atoms with E-state index in [0.29, 0.717) is 12.5 Å². The first-order chi connectivity index (χ1) is 12.1. The Morgan fingerprint density at radius 3 is 2.92 bits per heavy atom. The number of guanidine groups is 1. The number of hydrogen-bond donors (Lipinski definition) is 2. The van der Waals surface area contributed by atoms with Gasteiger partial charge in [-0.25, -0.2) is 9.67 Å². The maximum Gasteiger partial charge on any atom is 0.191 e. The van der Waals surface area contributed by atoms with Gasteiger partial charge in [-0.15, -0.1) is 24.0 Å². The second kappa shape index (κ2) is 9.33. The predicted molar refractivity (Wildman–Crippen MR) is 111 cm³/mol. The highest BCUT2D eigenvalue weighted by Gasteiger charge is 2.22. The van der Waals surface area contributed by atoms with E-state index in [2.05, 4.69) is 51.6 Å². The first-order valence-electron chi connectivity index (χ1n) is 8.94. The second-order valence-corrected chi connectivity index (χ2v) is 6.66. The summed E-state index contributed by atoms with van der Waals surface area (Å²) in [6, 6.07) is 2.27. The summed E-state index contributed by atoms with van der Waals surface area (Å²) in [6.45, 7) is 7.64.